The van der Waals surface area contributed by atoms with Crippen molar-refractivity contribution in [3.8, 4) is 0 Å². The second-order valence-corrected chi connectivity index (χ2v) is 8.75. The molecule has 27 heavy (non-hydrogen) atoms. The van der Waals surface area contributed by atoms with Crippen molar-refractivity contribution in [2.75, 3.05) is 25.6 Å². The molecular weight excluding hydrogens is 388 g/mol. The van der Waals surface area contributed by atoms with Gasteiger partial charge < -0.3 is 4.90 Å². The lowest BCUT2D eigenvalue weighted by atomic mass is 9.99. The maximum Gasteiger partial charge on any atom is 0.266 e. The predicted molar refractivity (Wildman–Crippen MR) is 105 cm³/mol. The van der Waals surface area contributed by atoms with E-state index in [1.54, 1.807) is 11.0 Å². The molecule has 2 aromatic rings. The van der Waals surface area contributed by atoms with Crippen molar-refractivity contribution in [3.05, 3.63) is 58.1 Å². The minimum atomic E-state index is -3.96. The molecule has 1 amide bonds. The number of hydrogen-bond acceptors (Lipinski definition) is 4. The monoisotopic (exact) mass is 408 g/mol. The number of sulfonamides is 1. The lowest BCUT2D eigenvalue weighted by Crippen LogP contribution is -2.35. The molecule has 6 nitrogen and oxygen atoms in total. The van der Waals surface area contributed by atoms with Crippen molar-refractivity contribution in [1.29, 1.82) is 0 Å². The highest BCUT2D eigenvalue weighted by Crippen LogP contribution is 2.31. The first-order valence-electron chi connectivity index (χ1n) is 8.49. The first-order valence-corrected chi connectivity index (χ1v) is 10.3. The molecule has 0 radical (unpaired) electrons. The second-order valence-electron chi connectivity index (χ2n) is 6.44. The highest BCUT2D eigenvalue weighted by Gasteiger charge is 2.28. The Kier molecular flexibility index (Phi) is 5.58. The fraction of sp³-hybridized carbons (Fsp3) is 0.316. The molecule has 8 heteroatoms. The Morgan fingerprint density at radius 3 is 2.67 bits per heavy atom. The SMILES string of the molecule is CON(C)S(=O)(=O)c1cc(C(=O)N2CCCc3cc(C)ccc32)ccc1Cl. The average Bonchev–Trinajstić information content (AvgIpc) is 2.66. The molecule has 0 saturated heterocycles. The Labute approximate surface area is 164 Å². The molecule has 0 N–H and O–H groups in total. The highest BCUT2D eigenvalue weighted by atomic mass is 35.5. The molecular formula is C19H21ClN2O4S. The second kappa shape index (κ2) is 7.59. The van der Waals surface area contributed by atoms with Crippen molar-refractivity contribution in [3.63, 3.8) is 0 Å². The fourth-order valence-corrected chi connectivity index (χ4v) is 4.64. The minimum Gasteiger partial charge on any atom is -0.308 e. The van der Waals surface area contributed by atoms with Crippen LogP contribution in [0.2, 0.25) is 5.02 Å². The lowest BCUT2D eigenvalue weighted by molar-refractivity contribution is -0.0258. The van der Waals surface area contributed by atoms with Gasteiger partial charge in [-0.25, -0.2) is 8.42 Å². The molecule has 0 unspecified atom stereocenters. The molecule has 0 bridgehead atoms. The summed E-state index contributed by atoms with van der Waals surface area (Å²) in [5.41, 5.74) is 3.39. The van der Waals surface area contributed by atoms with E-state index >= 15 is 0 Å². The Balaban J connectivity index is 2.02. The van der Waals surface area contributed by atoms with Gasteiger partial charge in [0.2, 0.25) is 0 Å². The number of carbonyl (C=O) groups excluding carboxylic acids is 1. The Morgan fingerprint density at radius 1 is 1.22 bits per heavy atom. The van der Waals surface area contributed by atoms with Crippen LogP contribution in [0.1, 0.15) is 27.9 Å². The van der Waals surface area contributed by atoms with Gasteiger partial charge in [-0.05, 0) is 49.6 Å². The number of rotatable bonds is 4. The summed E-state index contributed by atoms with van der Waals surface area (Å²) in [6.45, 7) is 2.60. The molecule has 0 atom stereocenters. The van der Waals surface area contributed by atoms with E-state index in [0.717, 1.165) is 29.7 Å². The number of carbonyl (C=O) groups is 1. The van der Waals surface area contributed by atoms with Crippen LogP contribution in [0.15, 0.2) is 41.3 Å². The van der Waals surface area contributed by atoms with Gasteiger partial charge >= 0.3 is 0 Å². The number of benzene rings is 2. The third-order valence-corrected chi connectivity index (χ3v) is 6.81. The van der Waals surface area contributed by atoms with Crippen LogP contribution in [0.3, 0.4) is 0 Å². The van der Waals surface area contributed by atoms with E-state index in [1.165, 1.54) is 26.3 Å². The molecule has 144 valence electrons. The summed E-state index contributed by atoms with van der Waals surface area (Å²) >= 11 is 6.08. The number of hydrogen-bond donors (Lipinski definition) is 0. The summed E-state index contributed by atoms with van der Waals surface area (Å²) < 4.78 is 25.8. The van der Waals surface area contributed by atoms with Crippen LogP contribution in [0.5, 0.6) is 0 Å². The predicted octanol–water partition coefficient (Wildman–Crippen LogP) is 3.42. The number of halogens is 1. The summed E-state index contributed by atoms with van der Waals surface area (Å²) in [6.07, 6.45) is 1.77. The van der Waals surface area contributed by atoms with Crippen LogP contribution < -0.4 is 4.90 Å². The van der Waals surface area contributed by atoms with Crippen molar-refractivity contribution < 1.29 is 18.0 Å². The molecule has 2 aromatic carbocycles. The smallest absolute Gasteiger partial charge is 0.266 e. The maximum absolute atomic E-state index is 13.1. The number of anilines is 1. The van der Waals surface area contributed by atoms with Crippen LogP contribution in [-0.4, -0.2) is 39.5 Å². The van der Waals surface area contributed by atoms with Crippen LogP contribution in [0.25, 0.3) is 0 Å². The number of hydroxylamine groups is 1. The summed E-state index contributed by atoms with van der Waals surface area (Å²) in [4.78, 5) is 19.4. The lowest BCUT2D eigenvalue weighted by Gasteiger charge is -2.30. The van der Waals surface area contributed by atoms with Crippen molar-refractivity contribution >= 4 is 33.2 Å². The molecule has 1 aliphatic heterocycles. The molecule has 1 heterocycles. The molecule has 1 aliphatic rings. The molecule has 0 aromatic heterocycles. The van der Waals surface area contributed by atoms with E-state index in [2.05, 4.69) is 6.07 Å². The van der Waals surface area contributed by atoms with Crippen molar-refractivity contribution in [2.45, 2.75) is 24.7 Å². The van der Waals surface area contributed by atoms with Gasteiger partial charge in [0.1, 0.15) is 4.90 Å². The minimum absolute atomic E-state index is 0.0325. The van der Waals surface area contributed by atoms with Gasteiger partial charge in [-0.1, -0.05) is 33.8 Å². The van der Waals surface area contributed by atoms with E-state index in [-0.39, 0.29) is 21.4 Å². The van der Waals surface area contributed by atoms with E-state index in [0.29, 0.717) is 11.0 Å². The summed E-state index contributed by atoms with van der Waals surface area (Å²) in [5.74, 6) is -0.256. The fourth-order valence-electron chi connectivity index (χ4n) is 3.16. The number of nitrogens with zero attached hydrogens (tertiary/aromatic N) is 2. The number of fused-ring (bicyclic) bond motifs is 1. The standard InChI is InChI=1S/C19H21ClN2O4S/c1-13-6-9-17-14(11-13)5-4-10-22(17)19(23)15-7-8-16(20)18(12-15)27(24,25)21(2)26-3/h6-9,11-12H,4-5,10H2,1-3H3. The Morgan fingerprint density at radius 2 is 1.96 bits per heavy atom. The first kappa shape index (κ1) is 19.8. The van der Waals surface area contributed by atoms with Gasteiger partial charge in [0.15, 0.2) is 0 Å². The molecule has 0 aliphatic carbocycles. The third kappa shape index (κ3) is 3.73. The van der Waals surface area contributed by atoms with E-state index in [9.17, 15) is 13.2 Å². The van der Waals surface area contributed by atoms with Crippen LogP contribution in [0.4, 0.5) is 5.69 Å². The van der Waals surface area contributed by atoms with Gasteiger partial charge in [0.05, 0.1) is 12.1 Å². The zero-order valence-corrected chi connectivity index (χ0v) is 17.0. The van der Waals surface area contributed by atoms with E-state index < -0.39 is 10.0 Å². The van der Waals surface area contributed by atoms with Crippen molar-refractivity contribution in [2.24, 2.45) is 0 Å². The van der Waals surface area contributed by atoms with Gasteiger partial charge in [0.25, 0.3) is 15.9 Å². The van der Waals surface area contributed by atoms with E-state index in [4.69, 9.17) is 16.4 Å². The Hall–Kier alpha value is -1.93. The number of aryl methyl sites for hydroxylation is 2. The van der Waals surface area contributed by atoms with Gasteiger partial charge in [-0.3, -0.25) is 9.63 Å². The number of amides is 1. The molecule has 0 spiro atoms. The largest absolute Gasteiger partial charge is 0.308 e. The third-order valence-electron chi connectivity index (χ3n) is 4.65. The highest BCUT2D eigenvalue weighted by molar-refractivity contribution is 7.89. The zero-order chi connectivity index (χ0) is 19.8. The summed E-state index contributed by atoms with van der Waals surface area (Å²) in [5, 5.41) is 0.0325. The zero-order valence-electron chi connectivity index (χ0n) is 15.4. The van der Waals surface area contributed by atoms with Gasteiger partial charge in [-0.15, -0.1) is 0 Å². The molecule has 3 rings (SSSR count). The molecule has 0 fully saturated rings. The van der Waals surface area contributed by atoms with Gasteiger partial charge in [0, 0.05) is 24.8 Å². The van der Waals surface area contributed by atoms with Crippen molar-refractivity contribution in [1.82, 2.24) is 4.47 Å². The Bertz CT molecular complexity index is 991. The van der Waals surface area contributed by atoms with Crippen LogP contribution >= 0.6 is 11.6 Å². The van der Waals surface area contributed by atoms with Crippen LogP contribution in [0, 0.1) is 6.92 Å². The first-order chi connectivity index (χ1) is 12.8. The maximum atomic E-state index is 13.1. The van der Waals surface area contributed by atoms with Gasteiger partial charge in [-0.2, -0.15) is 0 Å². The van der Waals surface area contributed by atoms with Crippen LogP contribution in [-0.2, 0) is 21.3 Å². The summed E-state index contributed by atoms with van der Waals surface area (Å²) in [6, 6.07) is 10.3. The quantitative estimate of drug-likeness (QED) is 0.727. The molecule has 0 saturated carbocycles. The van der Waals surface area contributed by atoms with E-state index in [1.807, 2.05) is 19.1 Å². The topological polar surface area (TPSA) is 66.9 Å². The average molecular weight is 409 g/mol. The summed E-state index contributed by atoms with van der Waals surface area (Å²) in [7, 11) is -1.45. The normalized spacial score (nSPS) is 14.3.